The van der Waals surface area contributed by atoms with Crippen LogP contribution in [-0.4, -0.2) is 31.5 Å². The summed E-state index contributed by atoms with van der Waals surface area (Å²) in [4.78, 5) is 0. The summed E-state index contributed by atoms with van der Waals surface area (Å²) in [5.41, 5.74) is 3.87. The summed E-state index contributed by atoms with van der Waals surface area (Å²) >= 11 is 0. The van der Waals surface area contributed by atoms with E-state index in [1.54, 1.807) is 0 Å². The van der Waals surface area contributed by atoms with Gasteiger partial charge in [0.25, 0.3) is 0 Å². The Morgan fingerprint density at radius 1 is 0.606 bits per heavy atom. The number of aliphatic hydroxyl groups excluding tert-OH is 1. The zero-order chi connectivity index (χ0) is 23.0. The number of ether oxygens (including phenoxy) is 2. The molecule has 33 heavy (non-hydrogen) atoms. The SMILES string of the molecule is OCCNCc1ccc(OCCCCc2ccccc2)c(OCCCCc2ccccc2)c1. The van der Waals surface area contributed by atoms with Crippen molar-refractivity contribution in [2.24, 2.45) is 0 Å². The maximum Gasteiger partial charge on any atom is 0.161 e. The molecule has 3 rings (SSSR count). The molecule has 0 spiro atoms. The molecule has 0 bridgehead atoms. The summed E-state index contributed by atoms with van der Waals surface area (Å²) < 4.78 is 12.2. The highest BCUT2D eigenvalue weighted by molar-refractivity contribution is 5.43. The van der Waals surface area contributed by atoms with Crippen molar-refractivity contribution < 1.29 is 14.6 Å². The van der Waals surface area contributed by atoms with Crippen LogP contribution in [0.15, 0.2) is 78.9 Å². The summed E-state index contributed by atoms with van der Waals surface area (Å²) in [5, 5.41) is 12.2. The minimum absolute atomic E-state index is 0.134. The third-order valence-electron chi connectivity index (χ3n) is 5.55. The first kappa shape index (κ1) is 24.8. The number of nitrogens with one attached hydrogen (secondary N) is 1. The largest absolute Gasteiger partial charge is 0.490 e. The smallest absolute Gasteiger partial charge is 0.161 e. The predicted octanol–water partition coefficient (Wildman–Crippen LogP) is 5.57. The van der Waals surface area contributed by atoms with Crippen molar-refractivity contribution in [3.63, 3.8) is 0 Å². The average molecular weight is 448 g/mol. The summed E-state index contributed by atoms with van der Waals surface area (Å²) in [7, 11) is 0. The molecular formula is C29H37NO3. The second-order valence-corrected chi connectivity index (χ2v) is 8.26. The molecule has 0 fully saturated rings. The zero-order valence-electron chi connectivity index (χ0n) is 19.5. The Labute approximate surface area is 198 Å². The van der Waals surface area contributed by atoms with Gasteiger partial charge in [0.2, 0.25) is 0 Å². The van der Waals surface area contributed by atoms with E-state index >= 15 is 0 Å². The van der Waals surface area contributed by atoms with E-state index in [2.05, 4.69) is 78.1 Å². The van der Waals surface area contributed by atoms with Gasteiger partial charge in [0.05, 0.1) is 19.8 Å². The van der Waals surface area contributed by atoms with Crippen LogP contribution in [0.1, 0.15) is 42.4 Å². The van der Waals surface area contributed by atoms with E-state index in [9.17, 15) is 0 Å². The van der Waals surface area contributed by atoms with E-state index in [0.29, 0.717) is 26.3 Å². The Morgan fingerprint density at radius 2 is 1.18 bits per heavy atom. The van der Waals surface area contributed by atoms with Crippen molar-refractivity contribution in [1.29, 1.82) is 0 Å². The molecule has 0 atom stereocenters. The highest BCUT2D eigenvalue weighted by atomic mass is 16.5. The van der Waals surface area contributed by atoms with Gasteiger partial charge < -0.3 is 19.9 Å². The maximum absolute atomic E-state index is 9.00. The molecule has 0 aliphatic heterocycles. The van der Waals surface area contributed by atoms with E-state index in [1.165, 1.54) is 11.1 Å². The molecule has 0 radical (unpaired) electrons. The Bertz CT molecular complexity index is 899. The highest BCUT2D eigenvalue weighted by Gasteiger charge is 2.08. The third kappa shape index (κ3) is 9.68. The van der Waals surface area contributed by atoms with Crippen LogP contribution in [-0.2, 0) is 19.4 Å². The molecule has 0 saturated carbocycles. The van der Waals surface area contributed by atoms with Gasteiger partial charge >= 0.3 is 0 Å². The van der Waals surface area contributed by atoms with Crippen LogP contribution >= 0.6 is 0 Å². The average Bonchev–Trinajstić information content (AvgIpc) is 2.86. The minimum atomic E-state index is 0.134. The zero-order valence-corrected chi connectivity index (χ0v) is 19.5. The van der Waals surface area contributed by atoms with Crippen molar-refractivity contribution in [2.45, 2.75) is 45.1 Å². The summed E-state index contributed by atoms with van der Waals surface area (Å²) in [6, 6.07) is 27.3. The molecule has 0 heterocycles. The third-order valence-corrected chi connectivity index (χ3v) is 5.55. The molecule has 2 N–H and O–H groups in total. The summed E-state index contributed by atoms with van der Waals surface area (Å²) in [6.07, 6.45) is 6.34. The quantitative estimate of drug-likeness (QED) is 0.282. The van der Waals surface area contributed by atoms with Crippen LogP contribution in [0.2, 0.25) is 0 Å². The van der Waals surface area contributed by atoms with Crippen LogP contribution in [0.3, 0.4) is 0 Å². The molecule has 0 saturated heterocycles. The van der Waals surface area contributed by atoms with Gasteiger partial charge in [-0.05, 0) is 67.3 Å². The van der Waals surface area contributed by atoms with E-state index in [4.69, 9.17) is 14.6 Å². The van der Waals surface area contributed by atoms with E-state index < -0.39 is 0 Å². The number of aryl methyl sites for hydroxylation is 2. The van der Waals surface area contributed by atoms with Crippen molar-refractivity contribution in [2.75, 3.05) is 26.4 Å². The van der Waals surface area contributed by atoms with Crippen molar-refractivity contribution >= 4 is 0 Å². The van der Waals surface area contributed by atoms with Gasteiger partial charge in [-0.2, -0.15) is 0 Å². The van der Waals surface area contributed by atoms with Crippen LogP contribution in [0.4, 0.5) is 0 Å². The molecule has 0 amide bonds. The number of hydrogen-bond acceptors (Lipinski definition) is 4. The number of unbranched alkanes of at least 4 members (excludes halogenated alkanes) is 2. The lowest BCUT2D eigenvalue weighted by Crippen LogP contribution is -2.17. The van der Waals surface area contributed by atoms with Gasteiger partial charge in [-0.3, -0.25) is 0 Å². The summed E-state index contributed by atoms with van der Waals surface area (Å²) in [5.74, 6) is 1.62. The van der Waals surface area contributed by atoms with Crippen LogP contribution in [0.5, 0.6) is 11.5 Å². The topological polar surface area (TPSA) is 50.7 Å². The van der Waals surface area contributed by atoms with Gasteiger partial charge in [-0.1, -0.05) is 66.7 Å². The van der Waals surface area contributed by atoms with Crippen molar-refractivity contribution in [3.8, 4) is 11.5 Å². The Kier molecular flexibility index (Phi) is 11.4. The van der Waals surface area contributed by atoms with Crippen LogP contribution in [0, 0.1) is 0 Å². The van der Waals surface area contributed by atoms with Crippen LogP contribution < -0.4 is 14.8 Å². The first-order valence-corrected chi connectivity index (χ1v) is 12.1. The molecule has 3 aromatic carbocycles. The van der Waals surface area contributed by atoms with E-state index in [1.807, 2.05) is 6.07 Å². The summed E-state index contributed by atoms with van der Waals surface area (Å²) in [6.45, 7) is 2.76. The molecule has 0 aliphatic rings. The normalized spacial score (nSPS) is 10.8. The lowest BCUT2D eigenvalue weighted by atomic mass is 10.1. The monoisotopic (exact) mass is 447 g/mol. The fourth-order valence-corrected chi connectivity index (χ4v) is 3.72. The molecular weight excluding hydrogens is 410 g/mol. The minimum Gasteiger partial charge on any atom is -0.490 e. The first-order valence-electron chi connectivity index (χ1n) is 12.1. The Hall–Kier alpha value is -2.82. The fraction of sp³-hybridized carbons (Fsp3) is 0.379. The maximum atomic E-state index is 9.00. The Morgan fingerprint density at radius 3 is 1.76 bits per heavy atom. The first-order chi connectivity index (χ1) is 16.3. The van der Waals surface area contributed by atoms with E-state index in [-0.39, 0.29) is 6.61 Å². The lowest BCUT2D eigenvalue weighted by Gasteiger charge is -2.15. The highest BCUT2D eigenvalue weighted by Crippen LogP contribution is 2.29. The molecule has 0 unspecified atom stereocenters. The van der Waals surface area contributed by atoms with Crippen LogP contribution in [0.25, 0.3) is 0 Å². The molecule has 4 nitrogen and oxygen atoms in total. The van der Waals surface area contributed by atoms with Crippen molar-refractivity contribution in [3.05, 3.63) is 95.6 Å². The molecule has 4 heteroatoms. The fourth-order valence-electron chi connectivity index (χ4n) is 3.72. The van der Waals surface area contributed by atoms with Gasteiger partial charge in [-0.25, -0.2) is 0 Å². The van der Waals surface area contributed by atoms with Crippen molar-refractivity contribution in [1.82, 2.24) is 5.32 Å². The number of benzene rings is 3. The second kappa shape index (κ2) is 15.1. The van der Waals surface area contributed by atoms with Gasteiger partial charge in [0.15, 0.2) is 11.5 Å². The lowest BCUT2D eigenvalue weighted by molar-refractivity contribution is 0.259. The van der Waals surface area contributed by atoms with Gasteiger partial charge in [0.1, 0.15) is 0 Å². The molecule has 0 aromatic heterocycles. The Balaban J connectivity index is 1.46. The standard InChI is InChI=1S/C29H37NO3/c31-20-19-30-24-27-17-18-28(32-21-9-7-15-25-11-3-1-4-12-25)29(23-27)33-22-10-8-16-26-13-5-2-6-14-26/h1-6,11-14,17-18,23,30-31H,7-10,15-16,19-22,24H2. The molecule has 3 aromatic rings. The second-order valence-electron chi connectivity index (χ2n) is 8.26. The number of hydrogen-bond donors (Lipinski definition) is 2. The molecule has 0 aliphatic carbocycles. The van der Waals surface area contributed by atoms with Gasteiger partial charge in [0, 0.05) is 13.1 Å². The molecule has 176 valence electrons. The number of rotatable bonds is 16. The van der Waals surface area contributed by atoms with E-state index in [0.717, 1.165) is 55.6 Å². The predicted molar refractivity (Wildman–Crippen MR) is 135 cm³/mol. The van der Waals surface area contributed by atoms with Gasteiger partial charge in [-0.15, -0.1) is 0 Å². The number of aliphatic hydroxyl groups is 1.